The zero-order chi connectivity index (χ0) is 8.72. The normalized spacial score (nSPS) is 16.5. The molecule has 0 atom stereocenters. The Labute approximate surface area is 79.5 Å². The molecule has 0 bridgehead atoms. The molecule has 2 N–H and O–H groups in total. The Morgan fingerprint density at radius 2 is 2.08 bits per heavy atom. The van der Waals surface area contributed by atoms with Crippen molar-refractivity contribution >= 4 is 21.7 Å². The smallest absolute Gasteiger partial charge is 0.145 e. The molecule has 1 heterocycles. The molecule has 1 saturated carbocycles. The average Bonchev–Trinajstić information content (AvgIpc) is 2.79. The molecule has 64 valence electrons. The Kier molecular flexibility index (Phi) is 1.79. The molecule has 2 rings (SSSR count). The number of aryl methyl sites for hydroxylation is 1. The maximum atomic E-state index is 5.74. The van der Waals surface area contributed by atoms with Crippen LogP contribution in [-0.2, 0) is 0 Å². The van der Waals surface area contributed by atoms with Gasteiger partial charge in [-0.25, -0.2) is 9.97 Å². The van der Waals surface area contributed by atoms with Gasteiger partial charge in [0.25, 0.3) is 0 Å². The molecule has 1 aliphatic rings. The first-order valence-corrected chi connectivity index (χ1v) is 4.77. The molecule has 0 spiro atoms. The second kappa shape index (κ2) is 2.69. The van der Waals surface area contributed by atoms with Crippen molar-refractivity contribution < 1.29 is 0 Å². The molecule has 1 aromatic rings. The number of nitrogen functional groups attached to an aromatic ring is 1. The number of rotatable bonds is 1. The van der Waals surface area contributed by atoms with Crippen LogP contribution in [-0.4, -0.2) is 9.97 Å². The molecule has 0 aliphatic heterocycles. The van der Waals surface area contributed by atoms with Crippen LogP contribution < -0.4 is 5.73 Å². The molecule has 0 saturated heterocycles. The molecule has 1 fully saturated rings. The van der Waals surface area contributed by atoms with Crippen molar-refractivity contribution in [3.63, 3.8) is 0 Å². The number of hydrogen-bond donors (Lipinski definition) is 1. The number of nitrogens with two attached hydrogens (primary N) is 1. The van der Waals surface area contributed by atoms with Gasteiger partial charge in [0.05, 0.1) is 11.4 Å². The van der Waals surface area contributed by atoms with Crippen molar-refractivity contribution in [1.82, 2.24) is 9.97 Å². The van der Waals surface area contributed by atoms with Gasteiger partial charge in [0, 0.05) is 5.92 Å². The van der Waals surface area contributed by atoms with Gasteiger partial charge in [-0.15, -0.1) is 0 Å². The first kappa shape index (κ1) is 7.98. The molecule has 1 aromatic heterocycles. The SMILES string of the molecule is Cc1nc(N)c(C2CC2)nc1Br. The van der Waals surface area contributed by atoms with E-state index in [4.69, 9.17) is 5.73 Å². The third-order valence-electron chi connectivity index (χ3n) is 2.03. The van der Waals surface area contributed by atoms with Crippen molar-refractivity contribution in [3.8, 4) is 0 Å². The van der Waals surface area contributed by atoms with Gasteiger partial charge in [0.1, 0.15) is 10.4 Å². The van der Waals surface area contributed by atoms with Crippen molar-refractivity contribution in [2.24, 2.45) is 0 Å². The second-order valence-electron chi connectivity index (χ2n) is 3.14. The Morgan fingerprint density at radius 3 is 2.67 bits per heavy atom. The van der Waals surface area contributed by atoms with Crippen LogP contribution in [0.15, 0.2) is 4.60 Å². The van der Waals surface area contributed by atoms with Crippen LogP contribution in [0, 0.1) is 6.92 Å². The Bertz CT molecular complexity index is 320. The summed E-state index contributed by atoms with van der Waals surface area (Å²) in [5.74, 6) is 1.16. The van der Waals surface area contributed by atoms with E-state index in [2.05, 4.69) is 25.9 Å². The van der Waals surface area contributed by atoms with Gasteiger partial charge in [-0.1, -0.05) is 0 Å². The lowest BCUT2D eigenvalue weighted by Crippen LogP contribution is -2.02. The first-order chi connectivity index (χ1) is 5.68. The fourth-order valence-electron chi connectivity index (χ4n) is 1.19. The standard InChI is InChI=1S/C8H10BrN3/c1-4-7(9)12-6(5-2-3-5)8(10)11-4/h5H,2-3H2,1H3,(H2,10,11). The minimum atomic E-state index is 0.564. The van der Waals surface area contributed by atoms with Gasteiger partial charge < -0.3 is 5.73 Å². The topological polar surface area (TPSA) is 51.8 Å². The third-order valence-corrected chi connectivity index (χ3v) is 2.78. The molecule has 0 amide bonds. The van der Waals surface area contributed by atoms with E-state index in [1.54, 1.807) is 0 Å². The predicted octanol–water partition coefficient (Wildman–Crippen LogP) is 2.01. The molecule has 0 unspecified atom stereocenters. The summed E-state index contributed by atoms with van der Waals surface area (Å²) in [5, 5.41) is 0. The number of halogens is 1. The van der Waals surface area contributed by atoms with Gasteiger partial charge >= 0.3 is 0 Å². The summed E-state index contributed by atoms with van der Waals surface area (Å²) < 4.78 is 0.818. The zero-order valence-corrected chi connectivity index (χ0v) is 8.43. The van der Waals surface area contributed by atoms with E-state index in [1.807, 2.05) is 6.92 Å². The maximum absolute atomic E-state index is 5.74. The van der Waals surface area contributed by atoms with E-state index in [9.17, 15) is 0 Å². The monoisotopic (exact) mass is 227 g/mol. The fraction of sp³-hybridized carbons (Fsp3) is 0.500. The molecule has 4 heteroatoms. The highest BCUT2D eigenvalue weighted by Crippen LogP contribution is 2.41. The van der Waals surface area contributed by atoms with Crippen LogP contribution in [0.4, 0.5) is 5.82 Å². The second-order valence-corrected chi connectivity index (χ2v) is 3.90. The van der Waals surface area contributed by atoms with Crippen LogP contribution in [0.1, 0.15) is 30.1 Å². The van der Waals surface area contributed by atoms with Gasteiger partial charge in [0.15, 0.2) is 0 Å². The van der Waals surface area contributed by atoms with Crippen LogP contribution in [0.5, 0.6) is 0 Å². The Morgan fingerprint density at radius 1 is 1.42 bits per heavy atom. The molecule has 3 nitrogen and oxygen atoms in total. The number of anilines is 1. The van der Waals surface area contributed by atoms with Crippen molar-refractivity contribution in [1.29, 1.82) is 0 Å². The molecule has 1 aliphatic carbocycles. The van der Waals surface area contributed by atoms with Gasteiger partial charge in [-0.05, 0) is 35.7 Å². The van der Waals surface area contributed by atoms with E-state index in [-0.39, 0.29) is 0 Å². The summed E-state index contributed by atoms with van der Waals surface area (Å²) in [4.78, 5) is 8.57. The Hall–Kier alpha value is -0.640. The summed E-state index contributed by atoms with van der Waals surface area (Å²) in [7, 11) is 0. The van der Waals surface area contributed by atoms with Crippen LogP contribution in [0.25, 0.3) is 0 Å². The highest BCUT2D eigenvalue weighted by atomic mass is 79.9. The van der Waals surface area contributed by atoms with E-state index >= 15 is 0 Å². The quantitative estimate of drug-likeness (QED) is 0.799. The lowest BCUT2D eigenvalue weighted by Gasteiger charge is -2.04. The number of aromatic nitrogens is 2. The van der Waals surface area contributed by atoms with Gasteiger partial charge in [-0.3, -0.25) is 0 Å². The lowest BCUT2D eigenvalue weighted by atomic mass is 10.3. The highest BCUT2D eigenvalue weighted by molar-refractivity contribution is 9.10. The van der Waals surface area contributed by atoms with E-state index < -0.39 is 0 Å². The third kappa shape index (κ3) is 1.31. The molecule has 12 heavy (non-hydrogen) atoms. The summed E-state index contributed by atoms with van der Waals surface area (Å²) in [6.07, 6.45) is 2.41. The molecular formula is C8H10BrN3. The average molecular weight is 228 g/mol. The van der Waals surface area contributed by atoms with Crippen molar-refractivity contribution in [2.75, 3.05) is 5.73 Å². The van der Waals surface area contributed by atoms with Crippen LogP contribution >= 0.6 is 15.9 Å². The van der Waals surface area contributed by atoms with Crippen LogP contribution in [0.2, 0.25) is 0 Å². The molecule has 0 aromatic carbocycles. The largest absolute Gasteiger partial charge is 0.382 e. The van der Waals surface area contributed by atoms with E-state index in [0.29, 0.717) is 11.7 Å². The van der Waals surface area contributed by atoms with Crippen molar-refractivity contribution in [2.45, 2.75) is 25.7 Å². The predicted molar refractivity (Wildman–Crippen MR) is 50.9 cm³/mol. The van der Waals surface area contributed by atoms with E-state index in [1.165, 1.54) is 12.8 Å². The maximum Gasteiger partial charge on any atom is 0.145 e. The first-order valence-electron chi connectivity index (χ1n) is 3.98. The van der Waals surface area contributed by atoms with Crippen molar-refractivity contribution in [3.05, 3.63) is 16.0 Å². The summed E-state index contributed by atoms with van der Waals surface area (Å²) in [6.45, 7) is 1.89. The van der Waals surface area contributed by atoms with Crippen LogP contribution in [0.3, 0.4) is 0 Å². The van der Waals surface area contributed by atoms with Gasteiger partial charge in [-0.2, -0.15) is 0 Å². The minimum absolute atomic E-state index is 0.564. The van der Waals surface area contributed by atoms with E-state index in [0.717, 1.165) is 16.0 Å². The lowest BCUT2D eigenvalue weighted by molar-refractivity contribution is 0.959. The summed E-state index contributed by atoms with van der Waals surface area (Å²) in [5.41, 5.74) is 7.56. The summed E-state index contributed by atoms with van der Waals surface area (Å²) in [6, 6.07) is 0. The van der Waals surface area contributed by atoms with Gasteiger partial charge in [0.2, 0.25) is 0 Å². The number of hydrogen-bond acceptors (Lipinski definition) is 3. The zero-order valence-electron chi connectivity index (χ0n) is 6.84. The number of nitrogens with zero attached hydrogens (tertiary/aromatic N) is 2. The molecule has 0 radical (unpaired) electrons. The summed E-state index contributed by atoms with van der Waals surface area (Å²) >= 11 is 3.35. The Balaban J connectivity index is 2.47. The highest BCUT2D eigenvalue weighted by Gasteiger charge is 2.28. The molecular weight excluding hydrogens is 218 g/mol. The minimum Gasteiger partial charge on any atom is -0.382 e. The fourth-order valence-corrected chi connectivity index (χ4v) is 1.46.